The first kappa shape index (κ1) is 31.7. The number of halogens is 1. The topological polar surface area (TPSA) is 188 Å². The molecule has 0 bridgehead atoms. The van der Waals surface area contributed by atoms with E-state index in [-0.39, 0.29) is 0 Å². The lowest BCUT2D eigenvalue weighted by atomic mass is 10.1. The van der Waals surface area contributed by atoms with Crippen LogP contribution >= 0.6 is 0 Å². The van der Waals surface area contributed by atoms with Crippen molar-refractivity contribution >= 4 is 33.7 Å². The molecule has 0 heterocycles. The van der Waals surface area contributed by atoms with Crippen molar-refractivity contribution in [1.82, 2.24) is 20.1 Å². The van der Waals surface area contributed by atoms with Crippen molar-refractivity contribution in [1.29, 1.82) is 0 Å². The number of nitro benzene ring substituents is 1. The Morgan fingerprint density at radius 1 is 1.22 bits per heavy atom. The van der Waals surface area contributed by atoms with Crippen LogP contribution in [0.2, 0.25) is 0 Å². The Labute approximate surface area is 213 Å². The zero-order valence-electron chi connectivity index (χ0n) is 21.1. The number of carboxylic acid groups (broad SMARTS) is 1. The zero-order valence-corrected chi connectivity index (χ0v) is 22.0. The summed E-state index contributed by atoms with van der Waals surface area (Å²) in [6.07, 6.45) is -4.07. The standard InChI is InChI=1S/C21H32FN5O9S/c1-21(2,3)36-20(31)23-15(10-14(22)11-18(28)24-25(4)13-19(29)30)12-26(5)37(34,35)17-9-7-6-8-16(17)27(32)33/h6-9,14-15H,10-13H2,1-5H3,(H,23,31)(H,24,28)(H,29,30)/t14-,15-/m1/s1. The number of sulfonamides is 1. The number of carbonyl (C=O) groups is 3. The highest BCUT2D eigenvalue weighted by atomic mass is 32.2. The molecule has 208 valence electrons. The zero-order chi connectivity index (χ0) is 28.6. The molecular formula is C21H32FN5O9S. The minimum Gasteiger partial charge on any atom is -0.480 e. The van der Waals surface area contributed by atoms with Gasteiger partial charge in [-0.15, -0.1) is 0 Å². The second-order valence-electron chi connectivity index (χ2n) is 9.18. The van der Waals surface area contributed by atoms with E-state index in [1.54, 1.807) is 20.8 Å². The van der Waals surface area contributed by atoms with Gasteiger partial charge in [-0.1, -0.05) is 12.1 Å². The molecule has 0 aliphatic carbocycles. The van der Waals surface area contributed by atoms with E-state index in [4.69, 9.17) is 9.84 Å². The number of hydrogen-bond donors (Lipinski definition) is 3. The first-order valence-electron chi connectivity index (χ1n) is 11.0. The molecule has 0 aromatic heterocycles. The van der Waals surface area contributed by atoms with Crippen molar-refractivity contribution < 1.29 is 42.0 Å². The average molecular weight is 550 g/mol. The maximum Gasteiger partial charge on any atom is 0.407 e. The predicted molar refractivity (Wildman–Crippen MR) is 129 cm³/mol. The number of ether oxygens (including phenoxy) is 1. The molecule has 1 rings (SSSR count). The number of para-hydroxylation sites is 1. The summed E-state index contributed by atoms with van der Waals surface area (Å²) in [6.45, 7) is 3.72. The number of nitro groups is 1. The van der Waals surface area contributed by atoms with Gasteiger partial charge >= 0.3 is 12.1 Å². The normalized spacial score (nSPS) is 13.6. The minimum absolute atomic E-state index is 0.505. The third kappa shape index (κ3) is 11.1. The number of carboxylic acids is 1. The van der Waals surface area contributed by atoms with E-state index in [0.717, 1.165) is 28.5 Å². The third-order valence-corrected chi connectivity index (χ3v) is 6.45. The van der Waals surface area contributed by atoms with Crippen molar-refractivity contribution in [3.63, 3.8) is 0 Å². The number of nitrogens with one attached hydrogen (secondary N) is 2. The molecule has 0 aliphatic heterocycles. The summed E-state index contributed by atoms with van der Waals surface area (Å²) in [5.41, 5.74) is 0.610. The van der Waals surface area contributed by atoms with Gasteiger partial charge in [0.25, 0.3) is 5.69 Å². The fourth-order valence-electron chi connectivity index (χ4n) is 3.15. The molecule has 2 atom stereocenters. The Balaban J connectivity index is 3.06. The number of carbonyl (C=O) groups excluding carboxylic acids is 2. The Kier molecular flexibility index (Phi) is 11.3. The van der Waals surface area contributed by atoms with Crippen molar-refractivity contribution in [2.75, 3.05) is 27.2 Å². The van der Waals surface area contributed by atoms with E-state index < -0.39 is 87.2 Å². The number of benzene rings is 1. The summed E-state index contributed by atoms with van der Waals surface area (Å²) in [7, 11) is -2.05. The number of hydrogen-bond acceptors (Lipinski definition) is 9. The molecule has 0 unspecified atom stereocenters. The quantitative estimate of drug-likeness (QED) is 0.239. The number of hydrazine groups is 1. The van der Waals surface area contributed by atoms with Gasteiger partial charge in [-0.2, -0.15) is 4.31 Å². The van der Waals surface area contributed by atoms with Gasteiger partial charge in [0.1, 0.15) is 18.3 Å². The second-order valence-corrected chi connectivity index (χ2v) is 11.2. The van der Waals surface area contributed by atoms with Crippen molar-refractivity contribution in [2.45, 2.75) is 56.3 Å². The van der Waals surface area contributed by atoms with Crippen LogP contribution in [-0.4, -0.2) is 90.7 Å². The third-order valence-electron chi connectivity index (χ3n) is 4.58. The Morgan fingerprint density at radius 2 is 1.81 bits per heavy atom. The molecule has 14 nitrogen and oxygen atoms in total. The van der Waals surface area contributed by atoms with Gasteiger partial charge in [-0.05, 0) is 26.8 Å². The largest absolute Gasteiger partial charge is 0.480 e. The van der Waals surface area contributed by atoms with Gasteiger partial charge in [0.2, 0.25) is 15.9 Å². The maximum absolute atomic E-state index is 14.8. The molecule has 0 saturated heterocycles. The fourth-order valence-corrected chi connectivity index (χ4v) is 4.52. The highest BCUT2D eigenvalue weighted by Crippen LogP contribution is 2.26. The first-order valence-corrected chi connectivity index (χ1v) is 12.4. The van der Waals surface area contributed by atoms with E-state index in [2.05, 4.69) is 10.7 Å². The second kappa shape index (κ2) is 13.3. The number of alkyl carbamates (subject to hydrolysis) is 1. The molecule has 16 heteroatoms. The van der Waals surface area contributed by atoms with Gasteiger partial charge in [-0.3, -0.25) is 25.1 Å². The smallest absolute Gasteiger partial charge is 0.407 e. The molecule has 1 aromatic carbocycles. The summed E-state index contributed by atoms with van der Waals surface area (Å²) in [5.74, 6) is -2.06. The SMILES string of the molecule is CN(CC(=O)O)NC(=O)C[C@H](F)C[C@H](CN(C)S(=O)(=O)c1ccccc1[N+](=O)[O-])NC(=O)OC(C)(C)C. The van der Waals surface area contributed by atoms with Gasteiger partial charge in [0.05, 0.1) is 11.3 Å². The molecule has 0 radical (unpaired) electrons. The minimum atomic E-state index is -4.43. The van der Waals surface area contributed by atoms with E-state index in [1.165, 1.54) is 19.2 Å². The predicted octanol–water partition coefficient (Wildman–Crippen LogP) is 1.27. The van der Waals surface area contributed by atoms with Gasteiger partial charge in [-0.25, -0.2) is 22.6 Å². The summed E-state index contributed by atoms with van der Waals surface area (Å²) in [4.78, 5) is 44.9. The molecule has 0 spiro atoms. The van der Waals surface area contributed by atoms with Crippen LogP contribution in [0.3, 0.4) is 0 Å². The molecule has 0 fully saturated rings. The molecule has 0 aliphatic rings. The van der Waals surface area contributed by atoms with Gasteiger partial charge in [0.15, 0.2) is 4.90 Å². The fraction of sp³-hybridized carbons (Fsp3) is 0.571. The molecule has 2 amide bonds. The first-order chi connectivity index (χ1) is 16.9. The van der Waals surface area contributed by atoms with E-state index in [0.29, 0.717) is 0 Å². The van der Waals surface area contributed by atoms with Crippen molar-refractivity contribution in [3.05, 3.63) is 34.4 Å². The van der Waals surface area contributed by atoms with Crippen LogP contribution in [-0.2, 0) is 24.3 Å². The lowest BCUT2D eigenvalue weighted by molar-refractivity contribution is -0.387. The van der Waals surface area contributed by atoms with Crippen LogP contribution in [0.5, 0.6) is 0 Å². The van der Waals surface area contributed by atoms with Crippen molar-refractivity contribution in [2.24, 2.45) is 0 Å². The lowest BCUT2D eigenvalue weighted by Gasteiger charge is -2.27. The van der Waals surface area contributed by atoms with Crippen LogP contribution in [0.4, 0.5) is 14.9 Å². The molecule has 37 heavy (non-hydrogen) atoms. The van der Waals surface area contributed by atoms with Crippen LogP contribution in [0.25, 0.3) is 0 Å². The molecule has 3 N–H and O–H groups in total. The van der Waals surface area contributed by atoms with Crippen LogP contribution in [0.15, 0.2) is 29.2 Å². The Morgan fingerprint density at radius 3 is 2.35 bits per heavy atom. The van der Waals surface area contributed by atoms with Gasteiger partial charge < -0.3 is 15.2 Å². The average Bonchev–Trinajstić information content (AvgIpc) is 2.70. The monoisotopic (exact) mass is 549 g/mol. The number of amides is 2. The van der Waals surface area contributed by atoms with E-state index in [9.17, 15) is 37.3 Å². The van der Waals surface area contributed by atoms with E-state index in [1.807, 2.05) is 0 Å². The summed E-state index contributed by atoms with van der Waals surface area (Å²) in [5, 5.41) is 23.4. The van der Waals surface area contributed by atoms with Crippen LogP contribution in [0, 0.1) is 10.1 Å². The number of aliphatic carboxylic acids is 1. The molecule has 0 saturated carbocycles. The van der Waals surface area contributed by atoms with E-state index >= 15 is 0 Å². The number of alkyl halides is 1. The number of rotatable bonds is 13. The summed E-state index contributed by atoms with van der Waals surface area (Å²) < 4.78 is 46.8. The number of likely N-dealkylation sites (N-methyl/N-ethyl adjacent to an activating group) is 2. The molecular weight excluding hydrogens is 517 g/mol. The van der Waals surface area contributed by atoms with Crippen LogP contribution in [0.1, 0.15) is 33.6 Å². The Hall–Kier alpha value is -3.37. The molecule has 1 aromatic rings. The summed E-state index contributed by atoms with van der Waals surface area (Å²) >= 11 is 0. The highest BCUT2D eigenvalue weighted by molar-refractivity contribution is 7.89. The van der Waals surface area contributed by atoms with Crippen molar-refractivity contribution in [3.8, 4) is 0 Å². The van der Waals surface area contributed by atoms with Gasteiger partial charge in [0, 0.05) is 39.2 Å². The maximum atomic E-state index is 14.8. The number of nitrogens with zero attached hydrogens (tertiary/aromatic N) is 3. The summed E-state index contributed by atoms with van der Waals surface area (Å²) in [6, 6.07) is 3.49. The highest BCUT2D eigenvalue weighted by Gasteiger charge is 2.32. The lowest BCUT2D eigenvalue weighted by Crippen LogP contribution is -2.48. The van der Waals surface area contributed by atoms with Crippen LogP contribution < -0.4 is 10.7 Å². The Bertz CT molecular complexity index is 1090.